The van der Waals surface area contributed by atoms with Crippen LogP contribution in [0.15, 0.2) is 5.51 Å². The normalized spacial score (nSPS) is 27.4. The molecule has 2 aliphatic carbocycles. The second kappa shape index (κ2) is 2.77. The zero-order valence-corrected chi connectivity index (χ0v) is 8.99. The number of hydrogen-bond donors (Lipinski definition) is 1. The van der Waals surface area contributed by atoms with E-state index in [2.05, 4.69) is 4.98 Å². The fourth-order valence-electron chi connectivity index (χ4n) is 2.31. The van der Waals surface area contributed by atoms with Gasteiger partial charge in [0.05, 0.1) is 16.7 Å². The lowest BCUT2D eigenvalue weighted by Crippen LogP contribution is -2.55. The molecule has 0 radical (unpaired) electrons. The lowest BCUT2D eigenvalue weighted by Gasteiger charge is -2.44. The van der Waals surface area contributed by atoms with Gasteiger partial charge < -0.3 is 5.73 Å². The molecule has 3 rings (SSSR count). The maximum absolute atomic E-state index is 12.9. The van der Waals surface area contributed by atoms with E-state index in [1.54, 1.807) is 5.51 Å². The van der Waals surface area contributed by atoms with Crippen LogP contribution in [0, 0.1) is 0 Å². The summed E-state index contributed by atoms with van der Waals surface area (Å²) in [4.78, 5) is 5.17. The van der Waals surface area contributed by atoms with Gasteiger partial charge >= 0.3 is 0 Å². The van der Waals surface area contributed by atoms with Gasteiger partial charge in [0.1, 0.15) is 0 Å². The standard InChI is InChI=1S/C10H12F2N2S/c11-10(12)3-9(13,4-10)8-7(6-1-2-6)14-5-15-8/h5-6H,1-4,13H2. The largest absolute Gasteiger partial charge is 0.320 e. The zero-order valence-electron chi connectivity index (χ0n) is 8.17. The predicted octanol–water partition coefficient (Wildman–Crippen LogP) is 2.60. The Balaban J connectivity index is 1.90. The van der Waals surface area contributed by atoms with E-state index in [1.165, 1.54) is 11.3 Å². The summed E-state index contributed by atoms with van der Waals surface area (Å²) in [5.74, 6) is -2.08. The minimum absolute atomic E-state index is 0.220. The summed E-state index contributed by atoms with van der Waals surface area (Å²) in [6.45, 7) is 0. The highest BCUT2D eigenvalue weighted by molar-refractivity contribution is 7.10. The molecule has 0 unspecified atom stereocenters. The molecule has 2 N–H and O–H groups in total. The zero-order chi connectivity index (χ0) is 10.7. The van der Waals surface area contributed by atoms with E-state index < -0.39 is 11.5 Å². The van der Waals surface area contributed by atoms with Crippen molar-refractivity contribution in [3.05, 3.63) is 16.1 Å². The topological polar surface area (TPSA) is 38.9 Å². The Labute approximate surface area is 90.5 Å². The highest BCUT2D eigenvalue weighted by Crippen LogP contribution is 2.54. The second-order valence-electron chi connectivity index (χ2n) is 4.71. The summed E-state index contributed by atoms with van der Waals surface area (Å²) in [7, 11) is 0. The van der Waals surface area contributed by atoms with Crippen LogP contribution in [0.1, 0.15) is 42.2 Å². The SMILES string of the molecule is NC1(c2scnc2C2CC2)CC(F)(F)C1. The lowest BCUT2D eigenvalue weighted by atomic mass is 9.72. The smallest absolute Gasteiger partial charge is 0.252 e. The van der Waals surface area contributed by atoms with Crippen molar-refractivity contribution >= 4 is 11.3 Å². The van der Waals surface area contributed by atoms with Gasteiger partial charge in [-0.05, 0) is 12.8 Å². The summed E-state index contributed by atoms with van der Waals surface area (Å²) in [6, 6.07) is 0. The highest BCUT2D eigenvalue weighted by atomic mass is 32.1. The van der Waals surface area contributed by atoms with E-state index in [0.29, 0.717) is 5.92 Å². The van der Waals surface area contributed by atoms with Crippen molar-refractivity contribution in [1.82, 2.24) is 4.98 Å². The van der Waals surface area contributed by atoms with Gasteiger partial charge in [-0.2, -0.15) is 0 Å². The van der Waals surface area contributed by atoms with Crippen LogP contribution in [-0.4, -0.2) is 10.9 Å². The quantitative estimate of drug-likeness (QED) is 0.848. The lowest BCUT2D eigenvalue weighted by molar-refractivity contribution is -0.124. The Hall–Kier alpha value is -0.550. The Bertz CT molecular complexity index is 390. The average molecular weight is 230 g/mol. The first-order valence-electron chi connectivity index (χ1n) is 5.11. The Kier molecular flexibility index (Phi) is 1.78. The van der Waals surface area contributed by atoms with Crippen molar-refractivity contribution in [2.45, 2.75) is 43.1 Å². The average Bonchev–Trinajstić information content (AvgIpc) is 2.79. The molecule has 0 atom stereocenters. The van der Waals surface area contributed by atoms with Gasteiger partial charge in [0.15, 0.2) is 0 Å². The molecule has 5 heteroatoms. The van der Waals surface area contributed by atoms with Crippen LogP contribution in [0.2, 0.25) is 0 Å². The maximum Gasteiger partial charge on any atom is 0.252 e. The molecule has 0 aliphatic heterocycles. The summed E-state index contributed by atoms with van der Waals surface area (Å²) < 4.78 is 25.8. The minimum atomic E-state index is -2.57. The van der Waals surface area contributed by atoms with E-state index in [1.807, 2.05) is 0 Å². The molecule has 0 aromatic carbocycles. The Morgan fingerprint density at radius 1 is 1.40 bits per heavy atom. The molecule has 15 heavy (non-hydrogen) atoms. The van der Waals surface area contributed by atoms with Crippen LogP contribution in [0.5, 0.6) is 0 Å². The van der Waals surface area contributed by atoms with Crippen molar-refractivity contribution in [2.24, 2.45) is 5.73 Å². The number of aromatic nitrogens is 1. The van der Waals surface area contributed by atoms with E-state index >= 15 is 0 Å². The number of alkyl halides is 2. The molecule has 0 bridgehead atoms. The van der Waals surface area contributed by atoms with Gasteiger partial charge in [-0.15, -0.1) is 11.3 Å². The van der Waals surface area contributed by atoms with Gasteiger partial charge in [0.2, 0.25) is 0 Å². The highest BCUT2D eigenvalue weighted by Gasteiger charge is 2.57. The van der Waals surface area contributed by atoms with Gasteiger partial charge in [-0.25, -0.2) is 13.8 Å². The fourth-order valence-corrected chi connectivity index (χ4v) is 3.30. The summed E-state index contributed by atoms with van der Waals surface area (Å²) >= 11 is 1.43. The number of nitrogens with zero attached hydrogens (tertiary/aromatic N) is 1. The molecule has 2 saturated carbocycles. The summed E-state index contributed by atoms with van der Waals surface area (Å²) in [5.41, 5.74) is 7.91. The third-order valence-corrected chi connectivity index (χ3v) is 4.22. The molecule has 2 fully saturated rings. The predicted molar refractivity (Wildman–Crippen MR) is 54.1 cm³/mol. The molecule has 82 valence electrons. The van der Waals surface area contributed by atoms with Crippen LogP contribution in [-0.2, 0) is 5.54 Å². The van der Waals surface area contributed by atoms with Crippen molar-refractivity contribution in [1.29, 1.82) is 0 Å². The van der Waals surface area contributed by atoms with Crippen molar-refractivity contribution in [3.63, 3.8) is 0 Å². The fraction of sp³-hybridized carbons (Fsp3) is 0.700. The molecule has 0 spiro atoms. The van der Waals surface area contributed by atoms with Crippen LogP contribution < -0.4 is 5.73 Å². The van der Waals surface area contributed by atoms with Gasteiger partial charge in [-0.1, -0.05) is 0 Å². The monoisotopic (exact) mass is 230 g/mol. The van der Waals surface area contributed by atoms with Crippen molar-refractivity contribution in [3.8, 4) is 0 Å². The third-order valence-electron chi connectivity index (χ3n) is 3.16. The molecule has 1 aromatic heterocycles. The van der Waals surface area contributed by atoms with E-state index in [-0.39, 0.29) is 12.8 Å². The molecule has 1 aromatic rings. The number of halogens is 2. The molecule has 0 amide bonds. The van der Waals surface area contributed by atoms with Crippen molar-refractivity contribution in [2.75, 3.05) is 0 Å². The molecular weight excluding hydrogens is 218 g/mol. The van der Waals surface area contributed by atoms with Crippen molar-refractivity contribution < 1.29 is 8.78 Å². The van der Waals surface area contributed by atoms with E-state index in [0.717, 1.165) is 23.4 Å². The maximum atomic E-state index is 12.9. The van der Waals surface area contributed by atoms with Gasteiger partial charge in [0, 0.05) is 23.6 Å². The first kappa shape index (κ1) is 9.66. The van der Waals surface area contributed by atoms with Crippen LogP contribution >= 0.6 is 11.3 Å². The first-order valence-corrected chi connectivity index (χ1v) is 5.99. The third kappa shape index (κ3) is 1.49. The van der Waals surface area contributed by atoms with E-state index in [9.17, 15) is 8.78 Å². The number of thiazole rings is 1. The Morgan fingerprint density at radius 2 is 2.07 bits per heavy atom. The molecule has 2 nitrogen and oxygen atoms in total. The first-order chi connectivity index (χ1) is 7.00. The van der Waals surface area contributed by atoms with Gasteiger partial charge in [0.25, 0.3) is 5.92 Å². The molecule has 0 saturated heterocycles. The number of rotatable bonds is 2. The Morgan fingerprint density at radius 3 is 2.60 bits per heavy atom. The summed E-state index contributed by atoms with van der Waals surface area (Å²) in [6.07, 6.45) is 1.82. The summed E-state index contributed by atoms with van der Waals surface area (Å²) in [5, 5.41) is 0. The molecule has 2 aliphatic rings. The van der Waals surface area contributed by atoms with E-state index in [4.69, 9.17) is 5.73 Å². The van der Waals surface area contributed by atoms with Crippen LogP contribution in [0.25, 0.3) is 0 Å². The molecule has 1 heterocycles. The van der Waals surface area contributed by atoms with Crippen LogP contribution in [0.3, 0.4) is 0 Å². The van der Waals surface area contributed by atoms with Gasteiger partial charge in [-0.3, -0.25) is 0 Å². The number of nitrogens with two attached hydrogens (primary N) is 1. The van der Waals surface area contributed by atoms with Crippen LogP contribution in [0.4, 0.5) is 8.78 Å². The minimum Gasteiger partial charge on any atom is -0.320 e. The number of hydrogen-bond acceptors (Lipinski definition) is 3. The second-order valence-corrected chi connectivity index (χ2v) is 5.56. The molecular formula is C10H12F2N2S.